The van der Waals surface area contributed by atoms with Gasteiger partial charge in [-0.25, -0.2) is 14.8 Å². The van der Waals surface area contributed by atoms with Crippen molar-refractivity contribution < 1.29 is 23.5 Å². The number of anilines is 1. The third kappa shape index (κ3) is 4.72. The SMILES string of the molecule is CCOc1ccc(-c2csc(NC(=O)C(C)OC(=O)c3ccc4ncoc4c3)n2)cc1. The molecule has 158 valence electrons. The van der Waals surface area contributed by atoms with Gasteiger partial charge in [0.1, 0.15) is 11.3 Å². The van der Waals surface area contributed by atoms with E-state index in [0.29, 0.717) is 22.8 Å². The van der Waals surface area contributed by atoms with Gasteiger partial charge in [0.05, 0.1) is 17.9 Å². The Morgan fingerprint density at radius 2 is 2.00 bits per heavy atom. The van der Waals surface area contributed by atoms with Gasteiger partial charge in [0.15, 0.2) is 23.2 Å². The maximum Gasteiger partial charge on any atom is 0.339 e. The highest BCUT2D eigenvalue weighted by atomic mass is 32.1. The fraction of sp³-hybridized carbons (Fsp3) is 0.182. The van der Waals surface area contributed by atoms with Crippen molar-refractivity contribution in [2.75, 3.05) is 11.9 Å². The number of ether oxygens (including phenoxy) is 2. The summed E-state index contributed by atoms with van der Waals surface area (Å²) >= 11 is 1.29. The van der Waals surface area contributed by atoms with Gasteiger partial charge in [-0.1, -0.05) is 0 Å². The maximum absolute atomic E-state index is 12.4. The molecule has 2 aromatic heterocycles. The average molecular weight is 437 g/mol. The molecule has 0 saturated carbocycles. The van der Waals surface area contributed by atoms with Gasteiger partial charge >= 0.3 is 5.97 Å². The fourth-order valence-electron chi connectivity index (χ4n) is 2.82. The molecule has 4 aromatic rings. The van der Waals surface area contributed by atoms with Crippen molar-refractivity contribution in [3.05, 3.63) is 59.8 Å². The van der Waals surface area contributed by atoms with E-state index in [1.165, 1.54) is 30.7 Å². The lowest BCUT2D eigenvalue weighted by molar-refractivity contribution is -0.123. The van der Waals surface area contributed by atoms with Crippen molar-refractivity contribution in [3.63, 3.8) is 0 Å². The van der Waals surface area contributed by atoms with Crippen LogP contribution >= 0.6 is 11.3 Å². The molecule has 1 unspecified atom stereocenters. The molecule has 0 saturated heterocycles. The van der Waals surface area contributed by atoms with Gasteiger partial charge in [0.2, 0.25) is 0 Å². The van der Waals surface area contributed by atoms with E-state index in [1.54, 1.807) is 12.1 Å². The summed E-state index contributed by atoms with van der Waals surface area (Å²) in [5.41, 5.74) is 3.01. The van der Waals surface area contributed by atoms with E-state index in [-0.39, 0.29) is 5.56 Å². The van der Waals surface area contributed by atoms with E-state index in [4.69, 9.17) is 13.9 Å². The van der Waals surface area contributed by atoms with Crippen LogP contribution in [0.3, 0.4) is 0 Å². The summed E-state index contributed by atoms with van der Waals surface area (Å²) in [6.07, 6.45) is 0.293. The first kappa shape index (κ1) is 20.5. The van der Waals surface area contributed by atoms with E-state index < -0.39 is 18.0 Å². The molecule has 0 aliphatic rings. The summed E-state index contributed by atoms with van der Waals surface area (Å²) in [4.78, 5) is 33.2. The third-order valence-electron chi connectivity index (χ3n) is 4.42. The minimum Gasteiger partial charge on any atom is -0.494 e. The average Bonchev–Trinajstić information content (AvgIpc) is 3.43. The number of hydrogen-bond acceptors (Lipinski definition) is 8. The highest BCUT2D eigenvalue weighted by molar-refractivity contribution is 7.14. The quantitative estimate of drug-likeness (QED) is 0.424. The molecule has 9 heteroatoms. The molecule has 1 amide bonds. The number of oxazole rings is 1. The van der Waals surface area contributed by atoms with E-state index in [1.807, 2.05) is 36.6 Å². The molecule has 0 aliphatic carbocycles. The van der Waals surface area contributed by atoms with Crippen LogP contribution in [0.25, 0.3) is 22.4 Å². The van der Waals surface area contributed by atoms with Crippen molar-refractivity contribution in [1.82, 2.24) is 9.97 Å². The van der Waals surface area contributed by atoms with E-state index in [0.717, 1.165) is 17.0 Å². The van der Waals surface area contributed by atoms with Gasteiger partial charge in [0, 0.05) is 10.9 Å². The first-order valence-corrected chi connectivity index (χ1v) is 10.5. The summed E-state index contributed by atoms with van der Waals surface area (Å²) in [6, 6.07) is 12.3. The largest absolute Gasteiger partial charge is 0.494 e. The number of carbonyl (C=O) groups is 2. The maximum atomic E-state index is 12.4. The molecule has 0 fully saturated rings. The summed E-state index contributed by atoms with van der Waals surface area (Å²) in [7, 11) is 0. The van der Waals surface area contributed by atoms with Crippen molar-refractivity contribution in [2.24, 2.45) is 0 Å². The van der Waals surface area contributed by atoms with Crippen LogP contribution in [-0.2, 0) is 9.53 Å². The van der Waals surface area contributed by atoms with Crippen molar-refractivity contribution in [1.29, 1.82) is 0 Å². The first-order chi connectivity index (χ1) is 15.0. The lowest BCUT2D eigenvalue weighted by Crippen LogP contribution is -2.29. The molecule has 31 heavy (non-hydrogen) atoms. The zero-order valence-electron chi connectivity index (χ0n) is 16.8. The second-order valence-corrected chi connectivity index (χ2v) is 7.43. The molecule has 1 N–H and O–H groups in total. The second-order valence-electron chi connectivity index (χ2n) is 6.57. The highest BCUT2D eigenvalue weighted by Gasteiger charge is 2.21. The Balaban J connectivity index is 1.37. The molecule has 0 aliphatic heterocycles. The number of fused-ring (bicyclic) bond motifs is 1. The first-order valence-electron chi connectivity index (χ1n) is 9.57. The normalized spacial score (nSPS) is 11.8. The summed E-state index contributed by atoms with van der Waals surface area (Å²) in [6.45, 7) is 4.03. The lowest BCUT2D eigenvalue weighted by atomic mass is 10.2. The molecule has 8 nitrogen and oxygen atoms in total. The number of aromatic nitrogens is 2. The van der Waals surface area contributed by atoms with Crippen molar-refractivity contribution in [3.8, 4) is 17.0 Å². The van der Waals surface area contributed by atoms with Crippen LogP contribution in [0.5, 0.6) is 5.75 Å². The van der Waals surface area contributed by atoms with Gasteiger partial charge in [-0.2, -0.15) is 0 Å². The highest BCUT2D eigenvalue weighted by Crippen LogP contribution is 2.26. The topological polar surface area (TPSA) is 104 Å². The lowest BCUT2D eigenvalue weighted by Gasteiger charge is -2.12. The predicted octanol–water partition coefficient (Wildman–Crippen LogP) is 4.53. The molecule has 2 heterocycles. The molecule has 1 atom stereocenters. The number of amides is 1. The molecular weight excluding hydrogens is 418 g/mol. The van der Waals surface area contributed by atoms with Crippen LogP contribution in [-0.4, -0.2) is 34.6 Å². The summed E-state index contributed by atoms with van der Waals surface area (Å²) in [5.74, 6) is -0.315. The van der Waals surface area contributed by atoms with E-state index in [9.17, 15) is 9.59 Å². The van der Waals surface area contributed by atoms with Crippen LogP contribution in [0.4, 0.5) is 5.13 Å². The smallest absolute Gasteiger partial charge is 0.339 e. The molecule has 0 bridgehead atoms. The van der Waals surface area contributed by atoms with Gasteiger partial charge in [-0.15, -0.1) is 11.3 Å². The number of thiazole rings is 1. The third-order valence-corrected chi connectivity index (χ3v) is 5.17. The molecule has 0 radical (unpaired) electrons. The van der Waals surface area contributed by atoms with Crippen LogP contribution in [0, 0.1) is 0 Å². The summed E-state index contributed by atoms with van der Waals surface area (Å²) in [5, 5.41) is 4.94. The molecule has 2 aromatic carbocycles. The number of nitrogens with zero attached hydrogens (tertiary/aromatic N) is 2. The van der Waals surface area contributed by atoms with Crippen LogP contribution in [0.1, 0.15) is 24.2 Å². The van der Waals surface area contributed by atoms with Gasteiger partial charge in [0.25, 0.3) is 5.91 Å². The Morgan fingerprint density at radius 1 is 1.19 bits per heavy atom. The number of benzene rings is 2. The molecular formula is C22H19N3O5S. The molecule has 4 rings (SSSR count). The summed E-state index contributed by atoms with van der Waals surface area (Å²) < 4.78 is 15.9. The Bertz CT molecular complexity index is 1220. The predicted molar refractivity (Wildman–Crippen MR) is 116 cm³/mol. The number of esters is 1. The minimum absolute atomic E-state index is 0.274. The minimum atomic E-state index is -1.00. The number of rotatable bonds is 7. The van der Waals surface area contributed by atoms with Crippen molar-refractivity contribution >= 4 is 39.4 Å². The second kappa shape index (κ2) is 8.97. The fourth-order valence-corrected chi connectivity index (χ4v) is 3.55. The Morgan fingerprint density at radius 3 is 2.77 bits per heavy atom. The number of hydrogen-bond donors (Lipinski definition) is 1. The standard InChI is InChI=1S/C22H19N3O5S/c1-3-28-16-7-4-14(5-8-16)18-11-31-22(24-18)25-20(26)13(2)30-21(27)15-6-9-17-19(10-15)29-12-23-17/h4-13H,3H2,1-2H3,(H,24,25,26). The van der Waals surface area contributed by atoms with Crippen LogP contribution in [0.2, 0.25) is 0 Å². The van der Waals surface area contributed by atoms with Crippen LogP contribution in [0.15, 0.2) is 58.7 Å². The Kier molecular flexibility index (Phi) is 5.94. The zero-order valence-corrected chi connectivity index (χ0v) is 17.6. The monoisotopic (exact) mass is 437 g/mol. The van der Waals surface area contributed by atoms with Gasteiger partial charge < -0.3 is 13.9 Å². The van der Waals surface area contributed by atoms with E-state index >= 15 is 0 Å². The van der Waals surface area contributed by atoms with Crippen molar-refractivity contribution in [2.45, 2.75) is 20.0 Å². The molecule has 0 spiro atoms. The number of nitrogens with one attached hydrogen (secondary N) is 1. The Labute approximate surface area is 181 Å². The van der Waals surface area contributed by atoms with Crippen LogP contribution < -0.4 is 10.1 Å². The van der Waals surface area contributed by atoms with E-state index in [2.05, 4.69) is 15.3 Å². The van der Waals surface area contributed by atoms with Gasteiger partial charge in [-0.3, -0.25) is 10.1 Å². The number of carbonyl (C=O) groups excluding carboxylic acids is 2. The van der Waals surface area contributed by atoms with Gasteiger partial charge in [-0.05, 0) is 56.3 Å². The zero-order chi connectivity index (χ0) is 21.8. The Hall–Kier alpha value is -3.72.